The van der Waals surface area contributed by atoms with Crippen LogP contribution in [-0.4, -0.2) is 26.1 Å². The van der Waals surface area contributed by atoms with E-state index in [1.165, 1.54) is 0 Å². The quantitative estimate of drug-likeness (QED) is 0.850. The first-order chi connectivity index (χ1) is 7.59. The van der Waals surface area contributed by atoms with Gasteiger partial charge in [-0.05, 0) is 17.5 Å². The molecule has 2 aromatic rings. The zero-order valence-corrected chi connectivity index (χ0v) is 9.21. The number of aryl methyl sites for hydroxylation is 1. The molecule has 0 spiro atoms. The molecule has 16 heavy (non-hydrogen) atoms. The molecule has 0 bridgehead atoms. The molecular weight excluding hydrogens is 206 g/mol. The predicted octanol–water partition coefficient (Wildman–Crippen LogP) is 1.55. The molecule has 1 unspecified atom stereocenters. The fraction of sp³-hybridized carbons (Fsp3) is 0.364. The average molecular weight is 219 g/mol. The van der Waals surface area contributed by atoms with Gasteiger partial charge in [0.2, 0.25) is 0 Å². The summed E-state index contributed by atoms with van der Waals surface area (Å²) in [6.07, 6.45) is 0.115. The molecule has 5 nitrogen and oxygen atoms in total. The Morgan fingerprint density at radius 2 is 2.31 bits per heavy atom. The Morgan fingerprint density at radius 3 is 3.00 bits per heavy atom. The molecule has 0 aliphatic carbocycles. The highest BCUT2D eigenvalue weighted by atomic mass is 16.4. The van der Waals surface area contributed by atoms with E-state index in [1.54, 1.807) is 4.68 Å². The molecule has 1 heterocycles. The van der Waals surface area contributed by atoms with Crippen LogP contribution in [0.1, 0.15) is 24.8 Å². The van der Waals surface area contributed by atoms with Crippen molar-refractivity contribution in [3.05, 3.63) is 23.8 Å². The third kappa shape index (κ3) is 1.76. The summed E-state index contributed by atoms with van der Waals surface area (Å²) in [5.74, 6) is -0.835. The minimum absolute atomic E-state index is 0.0431. The standard InChI is InChI=1S/C11H13N3O2/c1-7(6-10(15)16)8-4-3-5-9-11(8)14(2)13-12-9/h3-5,7H,6H2,1-2H3,(H,15,16). The number of para-hydroxylation sites is 1. The number of carboxylic acid groups (broad SMARTS) is 1. The highest BCUT2D eigenvalue weighted by Crippen LogP contribution is 2.25. The van der Waals surface area contributed by atoms with Crippen molar-refractivity contribution < 1.29 is 9.90 Å². The van der Waals surface area contributed by atoms with Gasteiger partial charge >= 0.3 is 5.97 Å². The van der Waals surface area contributed by atoms with Gasteiger partial charge in [-0.25, -0.2) is 4.68 Å². The SMILES string of the molecule is CC(CC(=O)O)c1cccc2nnn(C)c12. The summed E-state index contributed by atoms with van der Waals surface area (Å²) in [7, 11) is 1.81. The third-order valence-electron chi connectivity index (χ3n) is 2.67. The number of hydrogen-bond acceptors (Lipinski definition) is 3. The molecule has 5 heteroatoms. The van der Waals surface area contributed by atoms with Crippen molar-refractivity contribution in [2.75, 3.05) is 0 Å². The summed E-state index contributed by atoms with van der Waals surface area (Å²) in [6.45, 7) is 1.90. The van der Waals surface area contributed by atoms with E-state index in [0.29, 0.717) is 0 Å². The van der Waals surface area contributed by atoms with Crippen LogP contribution < -0.4 is 0 Å². The molecule has 1 N–H and O–H groups in total. The number of aromatic nitrogens is 3. The molecule has 1 aromatic heterocycles. The molecule has 0 radical (unpaired) electrons. The van der Waals surface area contributed by atoms with Crippen molar-refractivity contribution in [3.8, 4) is 0 Å². The zero-order chi connectivity index (χ0) is 11.7. The Hall–Kier alpha value is -1.91. The lowest BCUT2D eigenvalue weighted by atomic mass is 9.96. The smallest absolute Gasteiger partial charge is 0.303 e. The van der Waals surface area contributed by atoms with Gasteiger partial charge in [-0.1, -0.05) is 24.3 Å². The number of aliphatic carboxylic acids is 1. The summed E-state index contributed by atoms with van der Waals surface area (Å²) < 4.78 is 1.68. The van der Waals surface area contributed by atoms with Crippen LogP contribution in [0.25, 0.3) is 11.0 Å². The molecule has 0 aliphatic rings. The zero-order valence-electron chi connectivity index (χ0n) is 9.21. The van der Waals surface area contributed by atoms with Gasteiger partial charge in [0.05, 0.1) is 11.9 Å². The van der Waals surface area contributed by atoms with Crippen molar-refractivity contribution >= 4 is 17.0 Å². The first-order valence-electron chi connectivity index (χ1n) is 5.09. The number of nitrogens with zero attached hydrogens (tertiary/aromatic N) is 3. The van der Waals surface area contributed by atoms with Crippen LogP contribution in [0, 0.1) is 0 Å². The van der Waals surface area contributed by atoms with E-state index in [0.717, 1.165) is 16.6 Å². The van der Waals surface area contributed by atoms with E-state index in [2.05, 4.69) is 10.3 Å². The Kier molecular flexibility index (Phi) is 2.60. The highest BCUT2D eigenvalue weighted by molar-refractivity contribution is 5.79. The molecule has 0 saturated heterocycles. The first-order valence-corrected chi connectivity index (χ1v) is 5.09. The van der Waals surface area contributed by atoms with Gasteiger partial charge < -0.3 is 5.11 Å². The molecule has 0 saturated carbocycles. The predicted molar refractivity (Wildman–Crippen MR) is 59.2 cm³/mol. The third-order valence-corrected chi connectivity index (χ3v) is 2.67. The minimum atomic E-state index is -0.792. The van der Waals surface area contributed by atoms with Gasteiger partial charge in [-0.3, -0.25) is 4.79 Å². The second-order valence-corrected chi connectivity index (χ2v) is 3.93. The second-order valence-electron chi connectivity index (χ2n) is 3.93. The van der Waals surface area contributed by atoms with Gasteiger partial charge in [-0.2, -0.15) is 0 Å². The maximum absolute atomic E-state index is 10.7. The monoisotopic (exact) mass is 219 g/mol. The molecule has 0 amide bonds. The minimum Gasteiger partial charge on any atom is -0.481 e. The molecule has 1 aromatic carbocycles. The fourth-order valence-electron chi connectivity index (χ4n) is 1.91. The van der Waals surface area contributed by atoms with Crippen LogP contribution in [0.5, 0.6) is 0 Å². The highest BCUT2D eigenvalue weighted by Gasteiger charge is 2.15. The largest absolute Gasteiger partial charge is 0.481 e. The molecule has 1 atom stereocenters. The van der Waals surface area contributed by atoms with E-state index in [1.807, 2.05) is 32.2 Å². The fourth-order valence-corrected chi connectivity index (χ4v) is 1.91. The summed E-state index contributed by atoms with van der Waals surface area (Å²) in [6, 6.07) is 5.68. The summed E-state index contributed by atoms with van der Waals surface area (Å²) in [5.41, 5.74) is 2.70. The van der Waals surface area contributed by atoms with E-state index >= 15 is 0 Å². The maximum Gasteiger partial charge on any atom is 0.303 e. The van der Waals surface area contributed by atoms with Gasteiger partial charge in [0.1, 0.15) is 5.52 Å². The van der Waals surface area contributed by atoms with E-state index in [9.17, 15) is 4.79 Å². The summed E-state index contributed by atoms with van der Waals surface area (Å²) in [4.78, 5) is 10.7. The van der Waals surface area contributed by atoms with Crippen molar-refractivity contribution in [1.82, 2.24) is 15.0 Å². The van der Waals surface area contributed by atoms with Crippen LogP contribution >= 0.6 is 0 Å². The molecule has 2 rings (SSSR count). The normalized spacial score (nSPS) is 12.9. The molecular formula is C11H13N3O2. The van der Waals surface area contributed by atoms with Crippen molar-refractivity contribution in [2.24, 2.45) is 7.05 Å². The van der Waals surface area contributed by atoms with Crippen LogP contribution in [0.15, 0.2) is 18.2 Å². The summed E-state index contributed by atoms with van der Waals surface area (Å²) >= 11 is 0. The Labute approximate surface area is 92.7 Å². The second kappa shape index (κ2) is 3.92. The Bertz CT molecular complexity index is 533. The Morgan fingerprint density at radius 1 is 1.56 bits per heavy atom. The molecule has 84 valence electrons. The van der Waals surface area contributed by atoms with Crippen molar-refractivity contribution in [2.45, 2.75) is 19.3 Å². The molecule has 0 aliphatic heterocycles. The lowest BCUT2D eigenvalue weighted by Crippen LogP contribution is -2.05. The van der Waals surface area contributed by atoms with Crippen molar-refractivity contribution in [3.63, 3.8) is 0 Å². The van der Waals surface area contributed by atoms with Crippen LogP contribution in [0.3, 0.4) is 0 Å². The average Bonchev–Trinajstić information content (AvgIpc) is 2.59. The van der Waals surface area contributed by atoms with Gasteiger partial charge in [0.25, 0.3) is 0 Å². The van der Waals surface area contributed by atoms with Gasteiger partial charge in [-0.15, -0.1) is 5.10 Å². The maximum atomic E-state index is 10.7. The Balaban J connectivity index is 2.50. The molecule has 0 fully saturated rings. The number of rotatable bonds is 3. The lowest BCUT2D eigenvalue weighted by molar-refractivity contribution is -0.137. The number of fused-ring (bicyclic) bond motifs is 1. The van der Waals surface area contributed by atoms with E-state index in [-0.39, 0.29) is 12.3 Å². The van der Waals surface area contributed by atoms with Crippen molar-refractivity contribution in [1.29, 1.82) is 0 Å². The van der Waals surface area contributed by atoms with E-state index in [4.69, 9.17) is 5.11 Å². The number of hydrogen-bond donors (Lipinski definition) is 1. The topological polar surface area (TPSA) is 68.0 Å². The van der Waals surface area contributed by atoms with E-state index < -0.39 is 5.97 Å². The summed E-state index contributed by atoms with van der Waals surface area (Å²) in [5, 5.41) is 16.7. The first kappa shape index (κ1) is 10.6. The van der Waals surface area contributed by atoms with Crippen LogP contribution in [0.2, 0.25) is 0 Å². The van der Waals surface area contributed by atoms with Crippen LogP contribution in [0.4, 0.5) is 0 Å². The number of carboxylic acids is 1. The van der Waals surface area contributed by atoms with Gasteiger partial charge in [0.15, 0.2) is 0 Å². The van der Waals surface area contributed by atoms with Crippen LogP contribution in [-0.2, 0) is 11.8 Å². The number of carbonyl (C=O) groups is 1. The van der Waals surface area contributed by atoms with Gasteiger partial charge in [0, 0.05) is 7.05 Å². The lowest BCUT2D eigenvalue weighted by Gasteiger charge is -2.10. The number of benzene rings is 1.